The fourth-order valence-corrected chi connectivity index (χ4v) is 3.22. The number of hydrogen-bond acceptors (Lipinski definition) is 5. The molecule has 0 aliphatic carbocycles. The Balaban J connectivity index is 2.02. The lowest BCUT2D eigenvalue weighted by atomic mass is 10.2. The summed E-state index contributed by atoms with van der Waals surface area (Å²) < 4.78 is 13.9. The lowest BCUT2D eigenvalue weighted by Crippen LogP contribution is -2.19. The summed E-state index contributed by atoms with van der Waals surface area (Å²) in [4.78, 5) is 17.3. The number of rotatable bonds is 6. The Morgan fingerprint density at radius 2 is 2.00 bits per heavy atom. The first-order valence-electron chi connectivity index (χ1n) is 8.73. The molecule has 7 nitrogen and oxygen atoms in total. The number of methoxy groups -OCH3 is 1. The molecular weight excluding hydrogens is 392 g/mol. The van der Waals surface area contributed by atoms with Gasteiger partial charge in [0, 0.05) is 13.3 Å². The second kappa shape index (κ2) is 8.67. The van der Waals surface area contributed by atoms with Crippen LogP contribution >= 0.6 is 11.6 Å². The van der Waals surface area contributed by atoms with E-state index in [1.165, 1.54) is 13.3 Å². The van der Waals surface area contributed by atoms with Crippen molar-refractivity contribution in [2.24, 2.45) is 12.0 Å². The van der Waals surface area contributed by atoms with E-state index in [-0.39, 0.29) is 12.2 Å². The van der Waals surface area contributed by atoms with Crippen molar-refractivity contribution in [1.82, 2.24) is 9.36 Å². The van der Waals surface area contributed by atoms with E-state index in [0.717, 1.165) is 11.4 Å². The van der Waals surface area contributed by atoms with Gasteiger partial charge in [-0.05, 0) is 36.8 Å². The lowest BCUT2D eigenvalue weighted by molar-refractivity contribution is 0.330. The number of hydrogen-bond donors (Lipinski definition) is 0. The SMILES string of the molecule is COc1c(Cl)cc(C=Nc2c(C)n(C)n(-c3ccccc3)c2=O)cc1OCC#N. The molecule has 0 N–H and O–H groups in total. The molecule has 0 fully saturated rings. The average Bonchev–Trinajstić information content (AvgIpc) is 2.93. The van der Waals surface area contributed by atoms with Crippen LogP contribution in [0.2, 0.25) is 5.02 Å². The zero-order valence-corrected chi connectivity index (χ0v) is 17.0. The summed E-state index contributed by atoms with van der Waals surface area (Å²) in [5, 5.41) is 9.07. The largest absolute Gasteiger partial charge is 0.491 e. The Kier molecular flexibility index (Phi) is 6.05. The van der Waals surface area contributed by atoms with Crippen LogP contribution in [0.5, 0.6) is 11.5 Å². The molecule has 29 heavy (non-hydrogen) atoms. The number of para-hydroxylation sites is 1. The molecule has 2 aromatic carbocycles. The molecule has 0 radical (unpaired) electrons. The molecule has 0 aliphatic rings. The topological polar surface area (TPSA) is 81.5 Å². The summed E-state index contributed by atoms with van der Waals surface area (Å²) in [6.07, 6.45) is 1.53. The van der Waals surface area contributed by atoms with E-state index in [9.17, 15) is 4.79 Å². The maximum atomic E-state index is 12.9. The first kappa shape index (κ1) is 20.2. The molecule has 0 spiro atoms. The van der Waals surface area contributed by atoms with Crippen molar-refractivity contribution in [2.75, 3.05) is 13.7 Å². The van der Waals surface area contributed by atoms with Crippen LogP contribution in [-0.2, 0) is 7.05 Å². The van der Waals surface area contributed by atoms with E-state index >= 15 is 0 Å². The van der Waals surface area contributed by atoms with Gasteiger partial charge >= 0.3 is 0 Å². The summed E-state index contributed by atoms with van der Waals surface area (Å²) in [5.41, 5.74) is 2.17. The van der Waals surface area contributed by atoms with E-state index in [0.29, 0.717) is 27.8 Å². The molecule has 0 unspecified atom stereocenters. The van der Waals surface area contributed by atoms with Gasteiger partial charge in [-0.1, -0.05) is 29.8 Å². The molecule has 1 aromatic heterocycles. The molecule has 0 aliphatic heterocycles. The highest BCUT2D eigenvalue weighted by Crippen LogP contribution is 2.36. The van der Waals surface area contributed by atoms with Crippen LogP contribution in [0.4, 0.5) is 5.69 Å². The van der Waals surface area contributed by atoms with Gasteiger partial charge in [0.1, 0.15) is 6.07 Å². The minimum atomic E-state index is -0.229. The first-order valence-corrected chi connectivity index (χ1v) is 9.11. The monoisotopic (exact) mass is 410 g/mol. The standard InChI is InChI=1S/C21H19ClN4O3/c1-14-19(21(27)26(25(14)2)16-7-5-4-6-8-16)24-13-15-11-17(22)20(28-3)18(12-15)29-10-9-23/h4-8,11-13H,10H2,1-3H3. The summed E-state index contributed by atoms with van der Waals surface area (Å²) in [7, 11) is 3.27. The Morgan fingerprint density at radius 1 is 1.28 bits per heavy atom. The molecule has 0 saturated carbocycles. The maximum Gasteiger partial charge on any atom is 0.297 e. The second-order valence-electron chi connectivity index (χ2n) is 6.15. The fourth-order valence-electron chi connectivity index (χ4n) is 2.92. The highest BCUT2D eigenvalue weighted by atomic mass is 35.5. The minimum absolute atomic E-state index is 0.146. The number of nitriles is 1. The maximum absolute atomic E-state index is 12.9. The molecule has 0 amide bonds. The minimum Gasteiger partial charge on any atom is -0.491 e. The van der Waals surface area contributed by atoms with Gasteiger partial charge in [-0.2, -0.15) is 5.26 Å². The van der Waals surface area contributed by atoms with Crippen LogP contribution in [0.1, 0.15) is 11.3 Å². The van der Waals surface area contributed by atoms with E-state index in [1.807, 2.05) is 43.3 Å². The number of halogens is 1. The highest BCUT2D eigenvalue weighted by Gasteiger charge is 2.16. The van der Waals surface area contributed by atoms with Gasteiger partial charge in [-0.25, -0.2) is 9.67 Å². The fraction of sp³-hybridized carbons (Fsp3) is 0.190. The van der Waals surface area contributed by atoms with Gasteiger partial charge in [-0.3, -0.25) is 9.48 Å². The van der Waals surface area contributed by atoms with E-state index < -0.39 is 0 Å². The molecule has 3 aromatic rings. The number of aliphatic imine (C=N–C) groups is 1. The van der Waals surface area contributed by atoms with Crippen LogP contribution < -0.4 is 15.0 Å². The molecular formula is C21H19ClN4O3. The van der Waals surface area contributed by atoms with Gasteiger partial charge in [-0.15, -0.1) is 0 Å². The van der Waals surface area contributed by atoms with Crippen molar-refractivity contribution in [3.63, 3.8) is 0 Å². The number of benzene rings is 2. The normalized spacial score (nSPS) is 10.9. The molecule has 8 heteroatoms. The smallest absolute Gasteiger partial charge is 0.297 e. The van der Waals surface area contributed by atoms with Gasteiger partial charge in [0.25, 0.3) is 5.56 Å². The van der Waals surface area contributed by atoms with Gasteiger partial charge in [0.05, 0.1) is 23.5 Å². The van der Waals surface area contributed by atoms with Crippen molar-refractivity contribution in [2.45, 2.75) is 6.92 Å². The van der Waals surface area contributed by atoms with Gasteiger partial charge < -0.3 is 9.47 Å². The Bertz CT molecular complexity index is 1160. The zero-order chi connectivity index (χ0) is 21.0. The lowest BCUT2D eigenvalue weighted by Gasteiger charge is -2.10. The summed E-state index contributed by atoms with van der Waals surface area (Å²) in [6, 6.07) is 14.6. The third kappa shape index (κ3) is 4.03. The summed E-state index contributed by atoms with van der Waals surface area (Å²) in [6.45, 7) is 1.68. The summed E-state index contributed by atoms with van der Waals surface area (Å²) in [5.74, 6) is 0.663. The van der Waals surface area contributed by atoms with Crippen molar-refractivity contribution >= 4 is 23.5 Å². The molecule has 1 heterocycles. The molecule has 0 atom stereocenters. The zero-order valence-electron chi connectivity index (χ0n) is 16.2. The van der Waals surface area contributed by atoms with Crippen LogP contribution in [-0.4, -0.2) is 29.3 Å². The second-order valence-corrected chi connectivity index (χ2v) is 6.56. The van der Waals surface area contributed by atoms with Crippen molar-refractivity contribution in [3.05, 3.63) is 69.1 Å². The van der Waals surface area contributed by atoms with Crippen LogP contribution in [0.15, 0.2) is 52.3 Å². The molecule has 0 saturated heterocycles. The van der Waals surface area contributed by atoms with E-state index in [1.54, 1.807) is 28.5 Å². The third-order valence-corrected chi connectivity index (χ3v) is 4.68. The van der Waals surface area contributed by atoms with Gasteiger partial charge in [0.15, 0.2) is 23.8 Å². The van der Waals surface area contributed by atoms with E-state index in [2.05, 4.69) is 4.99 Å². The number of aromatic nitrogens is 2. The molecule has 0 bridgehead atoms. The average molecular weight is 411 g/mol. The van der Waals surface area contributed by atoms with Crippen molar-refractivity contribution < 1.29 is 9.47 Å². The Hall–Kier alpha value is -3.50. The Morgan fingerprint density at radius 3 is 2.66 bits per heavy atom. The number of ether oxygens (including phenoxy) is 2. The van der Waals surface area contributed by atoms with Crippen LogP contribution in [0.3, 0.4) is 0 Å². The molecule has 148 valence electrons. The van der Waals surface area contributed by atoms with Crippen molar-refractivity contribution in [3.8, 4) is 23.3 Å². The quantitative estimate of drug-likeness (QED) is 0.579. The molecule has 3 rings (SSSR count). The van der Waals surface area contributed by atoms with Crippen LogP contribution in [0, 0.1) is 18.3 Å². The Labute approximate surface area is 173 Å². The number of nitrogens with zero attached hydrogens (tertiary/aromatic N) is 4. The first-order chi connectivity index (χ1) is 14.0. The highest BCUT2D eigenvalue weighted by molar-refractivity contribution is 6.32. The predicted octanol–water partition coefficient (Wildman–Crippen LogP) is 3.80. The third-order valence-electron chi connectivity index (χ3n) is 4.39. The van der Waals surface area contributed by atoms with E-state index in [4.69, 9.17) is 26.3 Å². The summed E-state index contributed by atoms with van der Waals surface area (Å²) >= 11 is 6.25. The van der Waals surface area contributed by atoms with Crippen molar-refractivity contribution in [1.29, 1.82) is 5.26 Å². The van der Waals surface area contributed by atoms with Gasteiger partial charge in [0.2, 0.25) is 0 Å². The predicted molar refractivity (Wildman–Crippen MR) is 112 cm³/mol. The van der Waals surface area contributed by atoms with Crippen LogP contribution in [0.25, 0.3) is 5.69 Å².